The van der Waals surface area contributed by atoms with Gasteiger partial charge < -0.3 is 0 Å². The van der Waals surface area contributed by atoms with E-state index in [2.05, 4.69) is 80.4 Å². The topological polar surface area (TPSA) is 28.5 Å². The Kier molecular flexibility index (Phi) is 5.67. The lowest BCUT2D eigenvalue weighted by atomic mass is 9.96. The van der Waals surface area contributed by atoms with Crippen molar-refractivity contribution in [1.29, 1.82) is 0 Å². The smallest absolute Gasteiger partial charge is 0.0780 e. The Hall–Kier alpha value is -2.68. The summed E-state index contributed by atoms with van der Waals surface area (Å²) in [6, 6.07) is 10.9. The number of aryl methyl sites for hydroxylation is 2. The van der Waals surface area contributed by atoms with E-state index in [1.54, 1.807) is 0 Å². The summed E-state index contributed by atoms with van der Waals surface area (Å²) < 4.78 is 0. The molecule has 0 spiro atoms. The lowest BCUT2D eigenvalue weighted by molar-refractivity contribution is 0.354. The predicted molar refractivity (Wildman–Crippen MR) is 111 cm³/mol. The van der Waals surface area contributed by atoms with Crippen LogP contribution in [0, 0.1) is 13.8 Å². The SMILES string of the molecule is CCC/C=N\N1C=C(c2cccnc2-c2ccc(C)c(C)c2)C=CC1C. The summed E-state index contributed by atoms with van der Waals surface area (Å²) in [6.45, 7) is 8.60. The molecular weight excluding hydrogens is 318 g/mol. The number of benzene rings is 1. The van der Waals surface area contributed by atoms with Crippen molar-refractivity contribution in [3.05, 3.63) is 71.6 Å². The molecule has 1 atom stereocenters. The first-order valence-electron chi connectivity index (χ1n) is 9.34. The highest BCUT2D eigenvalue weighted by atomic mass is 15.5. The molecule has 1 aliphatic heterocycles. The molecule has 0 saturated carbocycles. The van der Waals surface area contributed by atoms with E-state index < -0.39 is 0 Å². The first-order chi connectivity index (χ1) is 12.6. The lowest BCUT2D eigenvalue weighted by Crippen LogP contribution is -2.23. The monoisotopic (exact) mass is 345 g/mol. The Morgan fingerprint density at radius 1 is 1.19 bits per heavy atom. The van der Waals surface area contributed by atoms with Crippen molar-refractivity contribution >= 4 is 11.8 Å². The molecule has 1 aromatic heterocycles. The van der Waals surface area contributed by atoms with Crippen molar-refractivity contribution < 1.29 is 0 Å². The van der Waals surface area contributed by atoms with Crippen LogP contribution in [0.2, 0.25) is 0 Å². The van der Waals surface area contributed by atoms with Crippen LogP contribution >= 0.6 is 0 Å². The Morgan fingerprint density at radius 2 is 2.04 bits per heavy atom. The van der Waals surface area contributed by atoms with Crippen LogP contribution in [0.5, 0.6) is 0 Å². The summed E-state index contributed by atoms with van der Waals surface area (Å²) in [5.74, 6) is 0. The Bertz CT molecular complexity index is 862. The average Bonchev–Trinajstić information content (AvgIpc) is 2.66. The zero-order valence-corrected chi connectivity index (χ0v) is 16.1. The quantitative estimate of drug-likeness (QED) is 0.645. The van der Waals surface area contributed by atoms with E-state index in [1.165, 1.54) is 11.1 Å². The van der Waals surface area contributed by atoms with E-state index in [1.807, 2.05) is 23.5 Å². The second-order valence-corrected chi connectivity index (χ2v) is 6.85. The maximum Gasteiger partial charge on any atom is 0.0780 e. The van der Waals surface area contributed by atoms with Gasteiger partial charge in [0.1, 0.15) is 0 Å². The van der Waals surface area contributed by atoms with Gasteiger partial charge in [-0.3, -0.25) is 9.99 Å². The molecular formula is C23H27N3. The van der Waals surface area contributed by atoms with E-state index in [0.717, 1.165) is 35.2 Å². The number of hydrogen-bond acceptors (Lipinski definition) is 3. The highest BCUT2D eigenvalue weighted by Crippen LogP contribution is 2.31. The van der Waals surface area contributed by atoms with Crippen LogP contribution in [-0.2, 0) is 0 Å². The van der Waals surface area contributed by atoms with Crippen LogP contribution in [-0.4, -0.2) is 22.2 Å². The van der Waals surface area contributed by atoms with Gasteiger partial charge in [-0.05, 0) is 50.5 Å². The number of rotatable bonds is 5. The van der Waals surface area contributed by atoms with E-state index in [4.69, 9.17) is 0 Å². The zero-order chi connectivity index (χ0) is 18.5. The minimum atomic E-state index is 0.258. The highest BCUT2D eigenvalue weighted by Gasteiger charge is 2.16. The third-order valence-electron chi connectivity index (χ3n) is 4.77. The van der Waals surface area contributed by atoms with E-state index in [0.29, 0.717) is 0 Å². The van der Waals surface area contributed by atoms with E-state index in [-0.39, 0.29) is 6.04 Å². The van der Waals surface area contributed by atoms with Gasteiger partial charge in [0.2, 0.25) is 0 Å². The van der Waals surface area contributed by atoms with E-state index in [9.17, 15) is 0 Å². The minimum Gasteiger partial charge on any atom is -0.266 e. The van der Waals surface area contributed by atoms with Gasteiger partial charge in [0, 0.05) is 35.3 Å². The van der Waals surface area contributed by atoms with Crippen molar-refractivity contribution in [3.63, 3.8) is 0 Å². The van der Waals surface area contributed by atoms with Crippen molar-refractivity contribution in [2.45, 2.75) is 46.6 Å². The summed E-state index contributed by atoms with van der Waals surface area (Å²) >= 11 is 0. The number of aromatic nitrogens is 1. The van der Waals surface area contributed by atoms with Gasteiger partial charge in [-0.2, -0.15) is 5.10 Å². The first-order valence-corrected chi connectivity index (χ1v) is 9.34. The molecule has 0 fully saturated rings. The number of allylic oxidation sites excluding steroid dienone is 2. The summed E-state index contributed by atoms with van der Waals surface area (Å²) in [5.41, 5.74) is 7.02. The fourth-order valence-corrected chi connectivity index (χ4v) is 2.97. The Morgan fingerprint density at radius 3 is 2.81 bits per heavy atom. The minimum absolute atomic E-state index is 0.258. The fourth-order valence-electron chi connectivity index (χ4n) is 2.97. The summed E-state index contributed by atoms with van der Waals surface area (Å²) in [4.78, 5) is 4.68. The molecule has 26 heavy (non-hydrogen) atoms. The molecule has 0 bridgehead atoms. The standard InChI is InChI=1S/C23H27N3/c1-5-6-14-25-26-16-21(12-10-19(26)4)22-8-7-13-24-23(22)20-11-9-17(2)18(3)15-20/h7-16,19H,5-6H2,1-4H3/b25-14-. The molecule has 0 amide bonds. The third-order valence-corrected chi connectivity index (χ3v) is 4.77. The molecule has 2 aromatic rings. The van der Waals surface area contributed by atoms with Crippen molar-refractivity contribution in [2.75, 3.05) is 0 Å². The number of pyridine rings is 1. The molecule has 0 radical (unpaired) electrons. The fraction of sp³-hybridized carbons (Fsp3) is 0.304. The van der Waals surface area contributed by atoms with Crippen LogP contribution in [0.4, 0.5) is 0 Å². The molecule has 134 valence electrons. The second kappa shape index (κ2) is 8.13. The van der Waals surface area contributed by atoms with Gasteiger partial charge in [0.25, 0.3) is 0 Å². The summed E-state index contributed by atoms with van der Waals surface area (Å²) in [6.07, 6.45) is 12.5. The van der Waals surface area contributed by atoms with Crippen molar-refractivity contribution in [3.8, 4) is 11.3 Å². The van der Waals surface area contributed by atoms with E-state index >= 15 is 0 Å². The van der Waals surface area contributed by atoms with Crippen LogP contribution < -0.4 is 0 Å². The van der Waals surface area contributed by atoms with Crippen LogP contribution in [0.25, 0.3) is 16.8 Å². The molecule has 3 rings (SSSR count). The predicted octanol–water partition coefficient (Wildman–Crippen LogP) is 5.75. The molecule has 1 aliphatic rings. The summed E-state index contributed by atoms with van der Waals surface area (Å²) in [5, 5.41) is 6.65. The normalized spacial score (nSPS) is 17.0. The molecule has 0 N–H and O–H groups in total. The molecule has 2 heterocycles. The zero-order valence-electron chi connectivity index (χ0n) is 16.1. The number of nitrogens with zero attached hydrogens (tertiary/aromatic N) is 3. The Balaban J connectivity index is 2.00. The molecule has 3 heteroatoms. The van der Waals surface area contributed by atoms with Gasteiger partial charge in [-0.1, -0.05) is 43.7 Å². The summed E-state index contributed by atoms with van der Waals surface area (Å²) in [7, 11) is 0. The van der Waals surface area contributed by atoms with Crippen LogP contribution in [0.3, 0.4) is 0 Å². The first kappa shape index (κ1) is 18.1. The average molecular weight is 345 g/mol. The molecule has 0 saturated heterocycles. The third kappa shape index (κ3) is 3.93. The van der Waals surface area contributed by atoms with Crippen molar-refractivity contribution in [1.82, 2.24) is 9.99 Å². The largest absolute Gasteiger partial charge is 0.266 e. The van der Waals surface area contributed by atoms with Gasteiger partial charge in [0.15, 0.2) is 0 Å². The number of hydrazone groups is 1. The molecule has 1 unspecified atom stereocenters. The maximum atomic E-state index is 4.68. The van der Waals surface area contributed by atoms with Crippen LogP contribution in [0.15, 0.2) is 60.0 Å². The lowest BCUT2D eigenvalue weighted by Gasteiger charge is -2.25. The molecule has 0 aliphatic carbocycles. The second-order valence-electron chi connectivity index (χ2n) is 6.85. The Labute approximate surface area is 156 Å². The van der Waals surface area contributed by atoms with Crippen molar-refractivity contribution in [2.24, 2.45) is 5.10 Å². The van der Waals surface area contributed by atoms with Gasteiger partial charge in [-0.15, -0.1) is 0 Å². The molecule has 3 nitrogen and oxygen atoms in total. The van der Waals surface area contributed by atoms with Gasteiger partial charge >= 0.3 is 0 Å². The number of unbranched alkanes of at least 4 members (excludes halogenated alkanes) is 1. The van der Waals surface area contributed by atoms with Crippen LogP contribution in [0.1, 0.15) is 43.4 Å². The van der Waals surface area contributed by atoms with Gasteiger partial charge in [0.05, 0.1) is 11.7 Å². The van der Waals surface area contributed by atoms with Gasteiger partial charge in [-0.25, -0.2) is 0 Å². The highest BCUT2D eigenvalue weighted by molar-refractivity contribution is 5.84. The number of hydrogen-bond donors (Lipinski definition) is 0. The maximum absolute atomic E-state index is 4.68. The molecule has 1 aromatic carbocycles.